The van der Waals surface area contributed by atoms with E-state index in [0.29, 0.717) is 12.3 Å². The summed E-state index contributed by atoms with van der Waals surface area (Å²) in [4.78, 5) is 13.4. The molecule has 0 heterocycles. The Morgan fingerprint density at radius 2 is 2.05 bits per heavy atom. The first-order valence-electron chi connectivity index (χ1n) is 5.49. The van der Waals surface area contributed by atoms with Crippen LogP contribution in [0.15, 0.2) is 18.2 Å². The van der Waals surface area contributed by atoms with Gasteiger partial charge in [-0.05, 0) is 18.4 Å². The summed E-state index contributed by atoms with van der Waals surface area (Å²) in [5.41, 5.74) is 3.86. The van der Waals surface area contributed by atoms with Crippen molar-refractivity contribution in [3.63, 3.8) is 0 Å². The average Bonchev–Trinajstić information content (AvgIpc) is 2.34. The predicted molar refractivity (Wildman–Crippen MR) is 71.2 cm³/mol. The lowest BCUT2D eigenvalue weighted by atomic mass is 10.1. The highest BCUT2D eigenvalue weighted by molar-refractivity contribution is 7.98. The number of rotatable bonds is 4. The fourth-order valence-electron chi connectivity index (χ4n) is 1.53. The molecule has 0 bridgehead atoms. The van der Waals surface area contributed by atoms with E-state index in [1.165, 1.54) is 24.1 Å². The van der Waals surface area contributed by atoms with Crippen molar-refractivity contribution in [3.8, 4) is 0 Å². The molecular formula is C12H15F3N2OS. The number of anilines is 1. The Kier molecular flexibility index (Phi) is 5.11. The molecule has 7 heteroatoms. The zero-order valence-corrected chi connectivity index (χ0v) is 11.4. The van der Waals surface area contributed by atoms with Gasteiger partial charge in [-0.2, -0.15) is 24.9 Å². The van der Waals surface area contributed by atoms with Crippen LogP contribution in [-0.2, 0) is 6.18 Å². The molecule has 0 unspecified atom stereocenters. The summed E-state index contributed by atoms with van der Waals surface area (Å²) in [5.74, 6) is 0.207. The molecule has 0 atom stereocenters. The van der Waals surface area contributed by atoms with Crippen molar-refractivity contribution in [2.24, 2.45) is 0 Å². The summed E-state index contributed by atoms with van der Waals surface area (Å²) in [6.45, 7) is 0.454. The maximum atomic E-state index is 12.7. The van der Waals surface area contributed by atoms with Crippen molar-refractivity contribution in [2.75, 3.05) is 31.3 Å². The largest absolute Gasteiger partial charge is 0.418 e. The van der Waals surface area contributed by atoms with Crippen molar-refractivity contribution in [3.05, 3.63) is 29.3 Å². The van der Waals surface area contributed by atoms with E-state index in [1.54, 1.807) is 11.8 Å². The SMILES string of the molecule is CSCCN(C)C(=O)c1cccc(C(F)(F)F)c1N. The highest BCUT2D eigenvalue weighted by atomic mass is 32.2. The fourth-order valence-corrected chi connectivity index (χ4v) is 1.99. The topological polar surface area (TPSA) is 46.3 Å². The first-order valence-corrected chi connectivity index (χ1v) is 6.88. The van der Waals surface area contributed by atoms with Gasteiger partial charge in [-0.1, -0.05) is 6.07 Å². The van der Waals surface area contributed by atoms with Crippen LogP contribution in [0.4, 0.5) is 18.9 Å². The zero-order valence-electron chi connectivity index (χ0n) is 10.6. The Morgan fingerprint density at radius 1 is 1.42 bits per heavy atom. The summed E-state index contributed by atoms with van der Waals surface area (Å²) < 4.78 is 38.1. The van der Waals surface area contributed by atoms with Gasteiger partial charge in [0, 0.05) is 19.3 Å². The molecule has 19 heavy (non-hydrogen) atoms. The lowest BCUT2D eigenvalue weighted by Crippen LogP contribution is -2.30. The maximum Gasteiger partial charge on any atom is 0.418 e. The maximum absolute atomic E-state index is 12.7. The molecule has 1 rings (SSSR count). The Hall–Kier alpha value is -1.37. The molecule has 0 aromatic heterocycles. The normalized spacial score (nSPS) is 11.4. The molecule has 0 radical (unpaired) electrons. The van der Waals surface area contributed by atoms with E-state index in [9.17, 15) is 18.0 Å². The highest BCUT2D eigenvalue weighted by Gasteiger charge is 2.34. The minimum absolute atomic E-state index is 0.113. The van der Waals surface area contributed by atoms with E-state index in [1.807, 2.05) is 6.26 Å². The second-order valence-corrected chi connectivity index (χ2v) is 4.97. The van der Waals surface area contributed by atoms with Crippen LogP contribution in [0.3, 0.4) is 0 Å². The lowest BCUT2D eigenvalue weighted by molar-refractivity contribution is -0.136. The third-order valence-electron chi connectivity index (χ3n) is 2.62. The van der Waals surface area contributed by atoms with Crippen LogP contribution in [0.1, 0.15) is 15.9 Å². The van der Waals surface area contributed by atoms with Crippen molar-refractivity contribution < 1.29 is 18.0 Å². The Bertz CT molecular complexity index is 463. The van der Waals surface area contributed by atoms with Gasteiger partial charge in [0.2, 0.25) is 0 Å². The second-order valence-electron chi connectivity index (χ2n) is 3.98. The quantitative estimate of drug-likeness (QED) is 0.868. The highest BCUT2D eigenvalue weighted by Crippen LogP contribution is 2.35. The second kappa shape index (κ2) is 6.18. The van der Waals surface area contributed by atoms with Crippen LogP contribution in [0.5, 0.6) is 0 Å². The van der Waals surface area contributed by atoms with Gasteiger partial charge in [0.05, 0.1) is 16.8 Å². The Morgan fingerprint density at radius 3 is 2.58 bits per heavy atom. The minimum atomic E-state index is -4.56. The number of carbonyl (C=O) groups is 1. The number of carbonyl (C=O) groups excluding carboxylic acids is 1. The lowest BCUT2D eigenvalue weighted by Gasteiger charge is -2.19. The number of alkyl halides is 3. The van der Waals surface area contributed by atoms with Crippen LogP contribution >= 0.6 is 11.8 Å². The molecular weight excluding hydrogens is 277 g/mol. The van der Waals surface area contributed by atoms with Crippen molar-refractivity contribution >= 4 is 23.4 Å². The molecule has 0 aliphatic heterocycles. The molecule has 1 aromatic rings. The molecule has 0 saturated heterocycles. The summed E-state index contributed by atoms with van der Waals surface area (Å²) >= 11 is 1.55. The van der Waals surface area contributed by atoms with Gasteiger partial charge in [-0.25, -0.2) is 0 Å². The molecule has 0 spiro atoms. The first kappa shape index (κ1) is 15.7. The van der Waals surface area contributed by atoms with Crippen LogP contribution in [0.2, 0.25) is 0 Å². The van der Waals surface area contributed by atoms with Gasteiger partial charge in [0.1, 0.15) is 0 Å². The van der Waals surface area contributed by atoms with E-state index in [4.69, 9.17) is 5.73 Å². The monoisotopic (exact) mass is 292 g/mol. The number of thioether (sulfide) groups is 1. The van der Waals surface area contributed by atoms with Gasteiger partial charge in [0.25, 0.3) is 5.91 Å². The van der Waals surface area contributed by atoms with E-state index in [2.05, 4.69) is 0 Å². The summed E-state index contributed by atoms with van der Waals surface area (Å²) in [6.07, 6.45) is -2.67. The predicted octanol–water partition coefficient (Wildman–Crippen LogP) is 2.72. The number of halogens is 3. The number of amides is 1. The van der Waals surface area contributed by atoms with Gasteiger partial charge < -0.3 is 10.6 Å². The van der Waals surface area contributed by atoms with Crippen molar-refractivity contribution in [2.45, 2.75) is 6.18 Å². The first-order chi connectivity index (χ1) is 8.79. The van der Waals surface area contributed by atoms with Gasteiger partial charge in [-0.15, -0.1) is 0 Å². The number of para-hydroxylation sites is 1. The van der Waals surface area contributed by atoms with Gasteiger partial charge >= 0.3 is 6.18 Å². The van der Waals surface area contributed by atoms with E-state index < -0.39 is 23.3 Å². The van der Waals surface area contributed by atoms with Gasteiger partial charge in [-0.3, -0.25) is 4.79 Å². The number of nitrogen functional groups attached to an aromatic ring is 1. The third kappa shape index (κ3) is 3.79. The van der Waals surface area contributed by atoms with Crippen molar-refractivity contribution in [1.82, 2.24) is 4.90 Å². The summed E-state index contributed by atoms with van der Waals surface area (Å²) in [6, 6.07) is 3.37. The van der Waals surface area contributed by atoms with E-state index >= 15 is 0 Å². The Balaban J connectivity index is 3.05. The molecule has 0 fully saturated rings. The number of nitrogens with zero attached hydrogens (tertiary/aromatic N) is 1. The molecule has 2 N–H and O–H groups in total. The Labute approximate surface area is 114 Å². The third-order valence-corrected chi connectivity index (χ3v) is 3.21. The van der Waals surface area contributed by atoms with Crippen LogP contribution in [0, 0.1) is 0 Å². The average molecular weight is 292 g/mol. The molecule has 1 aromatic carbocycles. The standard InChI is InChI=1S/C12H15F3N2OS/c1-17(6-7-19-2)11(18)8-4-3-5-9(10(8)16)12(13,14)15/h3-5H,6-7,16H2,1-2H3. The van der Waals surface area contributed by atoms with Crippen LogP contribution < -0.4 is 5.73 Å². The molecule has 3 nitrogen and oxygen atoms in total. The number of nitrogens with two attached hydrogens (primary N) is 1. The molecule has 0 aliphatic rings. The van der Waals surface area contributed by atoms with E-state index in [-0.39, 0.29) is 5.56 Å². The molecule has 0 saturated carbocycles. The smallest absolute Gasteiger partial charge is 0.398 e. The van der Waals surface area contributed by atoms with E-state index in [0.717, 1.165) is 6.07 Å². The molecule has 1 amide bonds. The number of benzene rings is 1. The van der Waals surface area contributed by atoms with Gasteiger partial charge in [0.15, 0.2) is 0 Å². The minimum Gasteiger partial charge on any atom is -0.398 e. The number of hydrogen-bond donors (Lipinski definition) is 1. The van der Waals surface area contributed by atoms with Crippen LogP contribution in [0.25, 0.3) is 0 Å². The van der Waals surface area contributed by atoms with Crippen molar-refractivity contribution in [1.29, 1.82) is 0 Å². The summed E-state index contributed by atoms with van der Waals surface area (Å²) in [5, 5.41) is 0. The zero-order chi connectivity index (χ0) is 14.6. The molecule has 0 aliphatic carbocycles. The summed E-state index contributed by atoms with van der Waals surface area (Å²) in [7, 11) is 1.54. The number of hydrogen-bond acceptors (Lipinski definition) is 3. The fraction of sp³-hybridized carbons (Fsp3) is 0.417. The van der Waals surface area contributed by atoms with Crippen LogP contribution in [-0.4, -0.2) is 36.4 Å². The molecule has 106 valence electrons.